The van der Waals surface area contributed by atoms with Crippen LogP contribution >= 0.6 is 11.3 Å². The fraction of sp³-hybridized carbons (Fsp3) is 0.250. The molecule has 0 radical (unpaired) electrons. The highest BCUT2D eigenvalue weighted by atomic mass is 32.2. The fourth-order valence-corrected chi connectivity index (χ4v) is 4.86. The maximum absolute atomic E-state index is 11.6. The zero-order chi connectivity index (χ0) is 21.8. The van der Waals surface area contributed by atoms with Gasteiger partial charge in [0.05, 0.1) is 10.3 Å². The normalized spacial score (nSPS) is 11.7. The Hall–Kier alpha value is -2.77. The standard InChI is InChI=1S/C24H25N3O2S2/c1-3-22-26-23(21-14-16-30-24(21)27-22)25-15-4-5-17-6-8-18(9-7-17)19-10-12-20(13-11-19)31(2,28)29/h6-14,16H,3-5,15H2,1-2H3,(H,25,26,27). The quantitative estimate of drug-likeness (QED) is 0.365. The molecule has 2 aromatic carbocycles. The largest absolute Gasteiger partial charge is 0.369 e. The van der Waals surface area contributed by atoms with Gasteiger partial charge in [0.15, 0.2) is 9.84 Å². The van der Waals surface area contributed by atoms with Crippen molar-refractivity contribution in [1.29, 1.82) is 0 Å². The number of aromatic nitrogens is 2. The van der Waals surface area contributed by atoms with Crippen LogP contribution in [0.2, 0.25) is 0 Å². The first-order chi connectivity index (χ1) is 14.9. The first-order valence-corrected chi connectivity index (χ1v) is 13.1. The van der Waals surface area contributed by atoms with Crippen molar-refractivity contribution in [2.45, 2.75) is 31.1 Å². The average molecular weight is 452 g/mol. The third-order valence-corrected chi connectivity index (χ3v) is 7.13. The van der Waals surface area contributed by atoms with Crippen molar-refractivity contribution in [2.24, 2.45) is 0 Å². The summed E-state index contributed by atoms with van der Waals surface area (Å²) in [6.45, 7) is 2.92. The van der Waals surface area contributed by atoms with Crippen LogP contribution in [0.15, 0.2) is 64.9 Å². The first-order valence-electron chi connectivity index (χ1n) is 10.3. The number of nitrogens with zero attached hydrogens (tertiary/aromatic N) is 2. The third kappa shape index (κ3) is 5.11. The van der Waals surface area contributed by atoms with Crippen molar-refractivity contribution in [2.75, 3.05) is 18.1 Å². The van der Waals surface area contributed by atoms with Crippen molar-refractivity contribution in [3.05, 3.63) is 71.4 Å². The molecule has 4 aromatic rings. The number of hydrogen-bond acceptors (Lipinski definition) is 6. The number of benzene rings is 2. The Morgan fingerprint density at radius 1 is 0.935 bits per heavy atom. The van der Waals surface area contributed by atoms with Gasteiger partial charge in [0.25, 0.3) is 0 Å². The Morgan fingerprint density at radius 2 is 1.61 bits per heavy atom. The molecule has 1 N–H and O–H groups in total. The Morgan fingerprint density at radius 3 is 2.26 bits per heavy atom. The monoisotopic (exact) mass is 451 g/mol. The van der Waals surface area contributed by atoms with E-state index in [-0.39, 0.29) is 0 Å². The van der Waals surface area contributed by atoms with Crippen LogP contribution in [0.3, 0.4) is 0 Å². The molecule has 0 aliphatic rings. The van der Waals surface area contributed by atoms with Crippen LogP contribution in [0.25, 0.3) is 21.3 Å². The summed E-state index contributed by atoms with van der Waals surface area (Å²) in [7, 11) is -3.17. The van der Waals surface area contributed by atoms with E-state index in [1.807, 2.05) is 12.1 Å². The Balaban J connectivity index is 1.35. The van der Waals surface area contributed by atoms with Crippen LogP contribution in [-0.4, -0.2) is 31.2 Å². The number of nitrogens with one attached hydrogen (secondary N) is 1. The molecule has 0 aliphatic heterocycles. The zero-order valence-corrected chi connectivity index (χ0v) is 19.3. The molecule has 0 bridgehead atoms. The van der Waals surface area contributed by atoms with Gasteiger partial charge in [0.2, 0.25) is 0 Å². The molecule has 0 saturated heterocycles. The molecule has 0 fully saturated rings. The molecule has 7 heteroatoms. The molecule has 5 nitrogen and oxygen atoms in total. The lowest BCUT2D eigenvalue weighted by Crippen LogP contribution is -2.07. The molecule has 0 aliphatic carbocycles. The maximum Gasteiger partial charge on any atom is 0.175 e. The van der Waals surface area contributed by atoms with Crippen molar-refractivity contribution in [3.8, 4) is 11.1 Å². The number of hydrogen-bond donors (Lipinski definition) is 1. The number of fused-ring (bicyclic) bond motifs is 1. The third-order valence-electron chi connectivity index (χ3n) is 5.19. The second-order valence-corrected chi connectivity index (χ2v) is 10.4. The van der Waals surface area contributed by atoms with Gasteiger partial charge in [-0.2, -0.15) is 0 Å². The topological polar surface area (TPSA) is 72.0 Å². The summed E-state index contributed by atoms with van der Waals surface area (Å²) >= 11 is 1.65. The molecule has 0 atom stereocenters. The van der Waals surface area contributed by atoms with E-state index in [2.05, 4.69) is 57.9 Å². The SMILES string of the molecule is CCc1nc(NCCCc2ccc(-c3ccc(S(C)(=O)=O)cc3)cc2)c2ccsc2n1. The smallest absolute Gasteiger partial charge is 0.175 e. The summed E-state index contributed by atoms with van der Waals surface area (Å²) < 4.78 is 23.2. The van der Waals surface area contributed by atoms with Gasteiger partial charge in [-0.05, 0) is 53.1 Å². The molecule has 0 amide bonds. The van der Waals surface area contributed by atoms with Crippen molar-refractivity contribution < 1.29 is 8.42 Å². The van der Waals surface area contributed by atoms with E-state index in [9.17, 15) is 8.42 Å². The van der Waals surface area contributed by atoms with Gasteiger partial charge in [0.1, 0.15) is 16.5 Å². The Kier molecular flexibility index (Phi) is 6.34. The minimum absolute atomic E-state index is 0.342. The summed E-state index contributed by atoms with van der Waals surface area (Å²) in [5.74, 6) is 1.80. The molecule has 4 rings (SSSR count). The number of rotatable bonds is 8. The molecule has 160 valence electrons. The predicted molar refractivity (Wildman–Crippen MR) is 129 cm³/mol. The average Bonchev–Trinajstić information content (AvgIpc) is 3.25. The summed E-state index contributed by atoms with van der Waals surface area (Å²) in [5.41, 5.74) is 3.36. The van der Waals surface area contributed by atoms with Gasteiger partial charge in [0, 0.05) is 19.2 Å². The second-order valence-electron chi connectivity index (χ2n) is 7.51. The lowest BCUT2D eigenvalue weighted by molar-refractivity contribution is 0.602. The highest BCUT2D eigenvalue weighted by molar-refractivity contribution is 7.90. The van der Waals surface area contributed by atoms with Crippen LogP contribution < -0.4 is 5.32 Å². The van der Waals surface area contributed by atoms with Gasteiger partial charge in [-0.25, -0.2) is 18.4 Å². The fourth-order valence-electron chi connectivity index (χ4n) is 3.45. The van der Waals surface area contributed by atoms with E-state index in [1.54, 1.807) is 23.5 Å². The van der Waals surface area contributed by atoms with Crippen molar-refractivity contribution in [1.82, 2.24) is 9.97 Å². The van der Waals surface area contributed by atoms with E-state index in [1.165, 1.54) is 11.8 Å². The van der Waals surface area contributed by atoms with E-state index in [0.29, 0.717) is 4.90 Å². The number of sulfone groups is 1. The van der Waals surface area contributed by atoms with Gasteiger partial charge in [-0.1, -0.05) is 43.3 Å². The highest BCUT2D eigenvalue weighted by Gasteiger charge is 2.08. The van der Waals surface area contributed by atoms with Gasteiger partial charge < -0.3 is 5.32 Å². The van der Waals surface area contributed by atoms with Gasteiger partial charge >= 0.3 is 0 Å². The number of anilines is 1. The van der Waals surface area contributed by atoms with Crippen molar-refractivity contribution >= 4 is 37.2 Å². The molecule has 2 heterocycles. The molecule has 0 spiro atoms. The summed E-state index contributed by atoms with van der Waals surface area (Å²) in [5, 5.41) is 6.63. The van der Waals surface area contributed by atoms with Crippen LogP contribution in [0.1, 0.15) is 24.7 Å². The minimum Gasteiger partial charge on any atom is -0.369 e. The van der Waals surface area contributed by atoms with E-state index < -0.39 is 9.84 Å². The van der Waals surface area contributed by atoms with Crippen LogP contribution in [0.5, 0.6) is 0 Å². The Labute approximate surface area is 187 Å². The summed E-state index contributed by atoms with van der Waals surface area (Å²) in [6.07, 6.45) is 4.02. The zero-order valence-electron chi connectivity index (χ0n) is 17.6. The van der Waals surface area contributed by atoms with Crippen LogP contribution in [0.4, 0.5) is 5.82 Å². The first kappa shape index (κ1) is 21.5. The highest BCUT2D eigenvalue weighted by Crippen LogP contribution is 2.25. The predicted octanol–water partition coefficient (Wildman–Crippen LogP) is 5.37. The molecule has 0 unspecified atom stereocenters. The van der Waals surface area contributed by atoms with E-state index in [0.717, 1.165) is 58.8 Å². The minimum atomic E-state index is -3.17. The Bertz CT molecular complexity index is 1280. The van der Waals surface area contributed by atoms with E-state index >= 15 is 0 Å². The summed E-state index contributed by atoms with van der Waals surface area (Å²) in [4.78, 5) is 10.6. The molecule has 31 heavy (non-hydrogen) atoms. The summed E-state index contributed by atoms with van der Waals surface area (Å²) in [6, 6.07) is 17.5. The molecular weight excluding hydrogens is 426 g/mol. The number of thiophene rings is 1. The molecule has 0 saturated carbocycles. The van der Waals surface area contributed by atoms with Crippen molar-refractivity contribution in [3.63, 3.8) is 0 Å². The number of aryl methyl sites for hydroxylation is 2. The van der Waals surface area contributed by atoms with Crippen LogP contribution in [-0.2, 0) is 22.7 Å². The second kappa shape index (κ2) is 9.16. The van der Waals surface area contributed by atoms with Gasteiger partial charge in [-0.15, -0.1) is 11.3 Å². The lowest BCUT2D eigenvalue weighted by Gasteiger charge is -2.09. The maximum atomic E-state index is 11.6. The van der Waals surface area contributed by atoms with Crippen LogP contribution in [0, 0.1) is 0 Å². The lowest BCUT2D eigenvalue weighted by atomic mass is 10.0. The molecule has 2 aromatic heterocycles. The van der Waals surface area contributed by atoms with Gasteiger partial charge in [-0.3, -0.25) is 0 Å². The van der Waals surface area contributed by atoms with E-state index in [4.69, 9.17) is 0 Å². The molecular formula is C24H25N3O2S2.